The minimum Gasteiger partial charge on any atom is -0.378 e. The number of morpholine rings is 1. The van der Waals surface area contributed by atoms with Crippen LogP contribution in [0.2, 0.25) is 0 Å². The van der Waals surface area contributed by atoms with Crippen molar-refractivity contribution in [3.05, 3.63) is 0 Å². The van der Waals surface area contributed by atoms with E-state index in [0.717, 1.165) is 19.4 Å². The van der Waals surface area contributed by atoms with Gasteiger partial charge in [0.05, 0.1) is 26.0 Å². The van der Waals surface area contributed by atoms with Gasteiger partial charge in [0.25, 0.3) is 0 Å². The third-order valence-corrected chi connectivity index (χ3v) is 4.37. The monoisotopic (exact) mass is 305 g/mol. The van der Waals surface area contributed by atoms with E-state index in [9.17, 15) is 13.2 Å². The second kappa shape index (κ2) is 6.84. The van der Waals surface area contributed by atoms with Gasteiger partial charge in [-0.05, 0) is 19.4 Å². The number of piperidine rings is 1. The molecule has 0 aromatic rings. The van der Waals surface area contributed by atoms with Crippen LogP contribution in [-0.2, 0) is 19.6 Å². The molecule has 0 aromatic carbocycles. The lowest BCUT2D eigenvalue weighted by molar-refractivity contribution is -0.136. The lowest BCUT2D eigenvalue weighted by Gasteiger charge is -2.34. The highest BCUT2D eigenvalue weighted by atomic mass is 32.2. The second-order valence-electron chi connectivity index (χ2n) is 5.46. The minimum absolute atomic E-state index is 0.0868. The first-order valence-electron chi connectivity index (χ1n) is 6.99. The molecule has 0 spiro atoms. The average Bonchev–Trinajstić information content (AvgIpc) is 2.38. The number of ether oxygens (including phenoxy) is 1. The first-order chi connectivity index (χ1) is 9.44. The molecule has 0 saturated carbocycles. The summed E-state index contributed by atoms with van der Waals surface area (Å²) in [5.41, 5.74) is 0. The minimum atomic E-state index is -3.18. The normalized spacial score (nSPS) is 25.6. The van der Waals surface area contributed by atoms with Crippen LogP contribution >= 0.6 is 0 Å². The number of sulfonamides is 1. The lowest BCUT2D eigenvalue weighted by atomic mass is 10.1. The molecule has 2 heterocycles. The predicted octanol–water partition coefficient (Wildman–Crippen LogP) is -1.14. The van der Waals surface area contributed by atoms with E-state index in [4.69, 9.17) is 4.74 Å². The van der Waals surface area contributed by atoms with Gasteiger partial charge in [0.1, 0.15) is 0 Å². The first-order valence-corrected chi connectivity index (χ1v) is 8.88. The van der Waals surface area contributed by atoms with Crippen LogP contribution in [0.4, 0.5) is 0 Å². The number of hydrogen-bond acceptors (Lipinski definition) is 5. The molecule has 2 fully saturated rings. The zero-order valence-corrected chi connectivity index (χ0v) is 12.7. The van der Waals surface area contributed by atoms with Gasteiger partial charge in [-0.25, -0.2) is 13.1 Å². The van der Waals surface area contributed by atoms with Crippen LogP contribution in [0.15, 0.2) is 0 Å². The fourth-order valence-electron chi connectivity index (χ4n) is 2.70. The Morgan fingerprint density at radius 2 is 2.00 bits per heavy atom. The third kappa shape index (κ3) is 5.01. The van der Waals surface area contributed by atoms with Crippen LogP contribution in [0, 0.1) is 0 Å². The van der Waals surface area contributed by atoms with Crippen LogP contribution in [0.3, 0.4) is 0 Å². The Morgan fingerprint density at radius 1 is 1.30 bits per heavy atom. The summed E-state index contributed by atoms with van der Waals surface area (Å²) in [6.45, 7) is 4.31. The van der Waals surface area contributed by atoms with Gasteiger partial charge in [0.15, 0.2) is 0 Å². The number of hydrogen-bond donors (Lipinski definition) is 1. The van der Waals surface area contributed by atoms with Crippen LogP contribution in [0.5, 0.6) is 0 Å². The average molecular weight is 305 g/mol. The van der Waals surface area contributed by atoms with Gasteiger partial charge in [0, 0.05) is 25.7 Å². The fraction of sp³-hybridized carbons (Fsp3) is 0.917. The van der Waals surface area contributed by atoms with E-state index < -0.39 is 10.0 Å². The van der Waals surface area contributed by atoms with Crippen molar-refractivity contribution in [2.45, 2.75) is 18.9 Å². The molecule has 1 atom stereocenters. The summed E-state index contributed by atoms with van der Waals surface area (Å²) in [6.07, 6.45) is 2.91. The maximum atomic E-state index is 12.1. The molecule has 0 aliphatic carbocycles. The Hall–Kier alpha value is -0.700. The van der Waals surface area contributed by atoms with E-state index in [-0.39, 0.29) is 11.9 Å². The molecular weight excluding hydrogens is 282 g/mol. The van der Waals surface area contributed by atoms with Crippen LogP contribution in [0.1, 0.15) is 12.8 Å². The van der Waals surface area contributed by atoms with E-state index in [0.29, 0.717) is 39.4 Å². The number of carbonyl (C=O) groups is 1. The summed E-state index contributed by atoms with van der Waals surface area (Å²) in [5.74, 6) is 0.105. The lowest BCUT2D eigenvalue weighted by Crippen LogP contribution is -2.51. The maximum Gasteiger partial charge on any atom is 0.236 e. The van der Waals surface area contributed by atoms with Crippen LogP contribution in [0.25, 0.3) is 0 Å². The standard InChI is InChI=1S/C12H23N3O4S/c1-20(17,18)13-11-3-2-4-14(9-11)10-12(16)15-5-7-19-8-6-15/h11,13H,2-10H2,1H3. The molecule has 0 aromatic heterocycles. The van der Waals surface area contributed by atoms with Gasteiger partial charge in [-0.1, -0.05) is 0 Å². The number of carbonyl (C=O) groups excluding carboxylic acids is 1. The summed E-state index contributed by atoms with van der Waals surface area (Å²) >= 11 is 0. The molecule has 0 radical (unpaired) electrons. The zero-order chi connectivity index (χ0) is 14.6. The molecule has 20 heavy (non-hydrogen) atoms. The molecular formula is C12H23N3O4S. The summed E-state index contributed by atoms with van der Waals surface area (Å²) in [5, 5.41) is 0. The molecule has 2 rings (SSSR count). The van der Waals surface area contributed by atoms with Crippen LogP contribution < -0.4 is 4.72 Å². The molecule has 7 nitrogen and oxygen atoms in total. The first kappa shape index (κ1) is 15.7. The SMILES string of the molecule is CS(=O)(=O)NC1CCCN(CC(=O)N2CCOCC2)C1. The van der Waals surface area contributed by atoms with Crippen molar-refractivity contribution in [3.63, 3.8) is 0 Å². The Kier molecular flexibility index (Phi) is 5.36. The number of amides is 1. The van der Waals surface area contributed by atoms with Gasteiger partial charge in [0.2, 0.25) is 15.9 Å². The highest BCUT2D eigenvalue weighted by Gasteiger charge is 2.25. The fourth-order valence-corrected chi connectivity index (χ4v) is 3.50. The van der Waals surface area contributed by atoms with Gasteiger partial charge in [-0.15, -0.1) is 0 Å². The molecule has 1 amide bonds. The van der Waals surface area contributed by atoms with E-state index in [1.165, 1.54) is 6.26 Å². The molecule has 2 saturated heterocycles. The molecule has 8 heteroatoms. The number of rotatable bonds is 4. The largest absolute Gasteiger partial charge is 0.378 e. The van der Waals surface area contributed by atoms with Gasteiger partial charge < -0.3 is 9.64 Å². The number of nitrogens with zero attached hydrogens (tertiary/aromatic N) is 2. The van der Waals surface area contributed by atoms with Gasteiger partial charge in [-0.2, -0.15) is 0 Å². The zero-order valence-electron chi connectivity index (χ0n) is 11.9. The van der Waals surface area contributed by atoms with Crippen molar-refractivity contribution in [3.8, 4) is 0 Å². The number of nitrogens with one attached hydrogen (secondary N) is 1. The summed E-state index contributed by atoms with van der Waals surface area (Å²) in [6, 6.07) is -0.0868. The molecule has 2 aliphatic rings. The highest BCUT2D eigenvalue weighted by Crippen LogP contribution is 2.11. The summed E-state index contributed by atoms with van der Waals surface area (Å²) < 4.78 is 30.4. The van der Waals surface area contributed by atoms with Crippen LogP contribution in [-0.4, -0.2) is 82.4 Å². The smallest absolute Gasteiger partial charge is 0.236 e. The Bertz CT molecular complexity index is 434. The van der Waals surface area contributed by atoms with Crippen molar-refractivity contribution in [1.82, 2.24) is 14.5 Å². The summed E-state index contributed by atoms with van der Waals surface area (Å²) in [7, 11) is -3.18. The van der Waals surface area contributed by atoms with Crippen molar-refractivity contribution in [1.29, 1.82) is 0 Å². The van der Waals surface area contributed by atoms with Gasteiger partial charge >= 0.3 is 0 Å². The topological polar surface area (TPSA) is 79.0 Å². The molecule has 1 N–H and O–H groups in total. The quantitative estimate of drug-likeness (QED) is 0.710. The summed E-state index contributed by atoms with van der Waals surface area (Å²) in [4.78, 5) is 16.0. The molecule has 1 unspecified atom stereocenters. The maximum absolute atomic E-state index is 12.1. The predicted molar refractivity (Wildman–Crippen MR) is 74.8 cm³/mol. The molecule has 0 bridgehead atoms. The van der Waals surface area contributed by atoms with Crippen molar-refractivity contribution >= 4 is 15.9 Å². The van der Waals surface area contributed by atoms with Crippen molar-refractivity contribution in [2.24, 2.45) is 0 Å². The second-order valence-corrected chi connectivity index (χ2v) is 7.24. The van der Waals surface area contributed by atoms with Crippen molar-refractivity contribution in [2.75, 3.05) is 52.2 Å². The third-order valence-electron chi connectivity index (χ3n) is 3.61. The van der Waals surface area contributed by atoms with E-state index in [1.807, 2.05) is 9.80 Å². The Morgan fingerprint density at radius 3 is 2.65 bits per heavy atom. The Labute approximate surface area is 120 Å². The number of likely N-dealkylation sites (tertiary alicyclic amines) is 1. The van der Waals surface area contributed by atoms with E-state index >= 15 is 0 Å². The molecule has 116 valence electrons. The molecule has 2 aliphatic heterocycles. The van der Waals surface area contributed by atoms with Gasteiger partial charge in [-0.3, -0.25) is 9.69 Å². The van der Waals surface area contributed by atoms with Crippen molar-refractivity contribution < 1.29 is 17.9 Å². The highest BCUT2D eigenvalue weighted by molar-refractivity contribution is 7.88. The van der Waals surface area contributed by atoms with E-state index in [2.05, 4.69) is 4.72 Å². The van der Waals surface area contributed by atoms with E-state index in [1.54, 1.807) is 0 Å². The Balaban J connectivity index is 1.81.